The van der Waals surface area contributed by atoms with Crippen LogP contribution < -0.4 is 0 Å². The fraction of sp³-hybridized carbons (Fsp3) is 0.364. The van der Waals surface area contributed by atoms with E-state index in [2.05, 4.69) is 0 Å². The highest BCUT2D eigenvalue weighted by atomic mass is 32.2. The van der Waals surface area contributed by atoms with E-state index in [1.54, 1.807) is 12.1 Å². The first-order valence-electron chi connectivity index (χ1n) is 4.95. The molecule has 0 saturated carbocycles. The summed E-state index contributed by atoms with van der Waals surface area (Å²) in [7, 11) is -3.42. The molecule has 0 atom stereocenters. The van der Waals surface area contributed by atoms with Crippen molar-refractivity contribution in [2.45, 2.75) is 17.1 Å². The smallest absolute Gasteiger partial charge is 0.186 e. The van der Waals surface area contributed by atoms with Crippen LogP contribution in [0, 0.1) is 0 Å². The van der Waals surface area contributed by atoms with Crippen molar-refractivity contribution in [3.8, 4) is 0 Å². The number of rotatable bonds is 3. The van der Waals surface area contributed by atoms with Crippen LogP contribution in [0.3, 0.4) is 0 Å². The molecule has 4 nitrogen and oxygen atoms in total. The highest BCUT2D eigenvalue weighted by Crippen LogP contribution is 2.24. The SMILES string of the molecule is CC(=O)c1ccccc1S(=O)(=O)C1COC1. The molecule has 0 aromatic heterocycles. The number of hydrogen-bond acceptors (Lipinski definition) is 4. The van der Waals surface area contributed by atoms with Crippen molar-refractivity contribution in [1.82, 2.24) is 0 Å². The zero-order valence-corrected chi connectivity index (χ0v) is 9.66. The Morgan fingerprint density at radius 3 is 2.44 bits per heavy atom. The van der Waals surface area contributed by atoms with Gasteiger partial charge in [0.25, 0.3) is 0 Å². The van der Waals surface area contributed by atoms with Gasteiger partial charge in [-0.3, -0.25) is 4.79 Å². The summed E-state index contributed by atoms with van der Waals surface area (Å²) in [4.78, 5) is 11.5. The van der Waals surface area contributed by atoms with E-state index in [4.69, 9.17) is 4.74 Å². The molecule has 0 N–H and O–H groups in total. The van der Waals surface area contributed by atoms with Crippen molar-refractivity contribution in [3.63, 3.8) is 0 Å². The Kier molecular flexibility index (Phi) is 2.82. The molecular formula is C11H12O4S. The third-order valence-corrected chi connectivity index (χ3v) is 4.74. The molecule has 0 radical (unpaired) electrons. The lowest BCUT2D eigenvalue weighted by Crippen LogP contribution is -2.41. The van der Waals surface area contributed by atoms with Crippen LogP contribution in [0.15, 0.2) is 29.2 Å². The number of ether oxygens (including phenoxy) is 1. The molecule has 0 aliphatic carbocycles. The van der Waals surface area contributed by atoms with E-state index in [9.17, 15) is 13.2 Å². The van der Waals surface area contributed by atoms with E-state index >= 15 is 0 Å². The zero-order valence-electron chi connectivity index (χ0n) is 8.84. The van der Waals surface area contributed by atoms with Crippen LogP contribution >= 0.6 is 0 Å². The summed E-state index contributed by atoms with van der Waals surface area (Å²) in [5.41, 5.74) is 0.259. The molecule has 1 fully saturated rings. The molecule has 1 aromatic rings. The van der Waals surface area contributed by atoms with Crippen LogP contribution in [-0.4, -0.2) is 32.7 Å². The quantitative estimate of drug-likeness (QED) is 0.741. The summed E-state index contributed by atoms with van der Waals surface area (Å²) >= 11 is 0. The second kappa shape index (κ2) is 3.99. The maximum atomic E-state index is 12.1. The van der Waals surface area contributed by atoms with Crippen LogP contribution in [0.4, 0.5) is 0 Å². The van der Waals surface area contributed by atoms with Crippen LogP contribution in [-0.2, 0) is 14.6 Å². The number of hydrogen-bond donors (Lipinski definition) is 0. The van der Waals surface area contributed by atoms with E-state index in [1.165, 1.54) is 19.1 Å². The third kappa shape index (κ3) is 1.76. The summed E-state index contributed by atoms with van der Waals surface area (Å²) < 4.78 is 29.1. The van der Waals surface area contributed by atoms with Crippen molar-refractivity contribution in [2.75, 3.05) is 13.2 Å². The molecule has 1 heterocycles. The largest absolute Gasteiger partial charge is 0.379 e. The minimum Gasteiger partial charge on any atom is -0.379 e. The highest BCUT2D eigenvalue weighted by Gasteiger charge is 2.35. The van der Waals surface area contributed by atoms with Gasteiger partial charge in [0, 0.05) is 5.56 Å². The first-order valence-corrected chi connectivity index (χ1v) is 6.49. The number of sulfone groups is 1. The van der Waals surface area contributed by atoms with Crippen molar-refractivity contribution >= 4 is 15.6 Å². The third-order valence-electron chi connectivity index (χ3n) is 2.62. The van der Waals surface area contributed by atoms with Gasteiger partial charge in [-0.2, -0.15) is 0 Å². The topological polar surface area (TPSA) is 60.4 Å². The molecule has 0 amide bonds. The van der Waals surface area contributed by atoms with Crippen LogP contribution in [0.5, 0.6) is 0 Å². The fourth-order valence-electron chi connectivity index (χ4n) is 1.58. The van der Waals surface area contributed by atoms with Gasteiger partial charge in [0.15, 0.2) is 15.6 Å². The second-order valence-electron chi connectivity index (χ2n) is 3.76. The Morgan fingerprint density at radius 1 is 1.31 bits per heavy atom. The number of carbonyl (C=O) groups is 1. The molecule has 1 saturated heterocycles. The Labute approximate surface area is 94.2 Å². The molecule has 1 aliphatic rings. The van der Waals surface area contributed by atoms with Crippen LogP contribution in [0.25, 0.3) is 0 Å². The van der Waals surface area contributed by atoms with Gasteiger partial charge in [0.05, 0.1) is 18.1 Å². The molecule has 1 aromatic carbocycles. The van der Waals surface area contributed by atoms with Gasteiger partial charge >= 0.3 is 0 Å². The maximum absolute atomic E-state index is 12.1. The van der Waals surface area contributed by atoms with E-state index in [0.717, 1.165) is 0 Å². The standard InChI is InChI=1S/C11H12O4S/c1-8(12)10-4-2-3-5-11(10)16(13,14)9-6-15-7-9/h2-5,9H,6-7H2,1H3. The van der Waals surface area contributed by atoms with Crippen molar-refractivity contribution in [1.29, 1.82) is 0 Å². The second-order valence-corrected chi connectivity index (χ2v) is 5.95. The molecular weight excluding hydrogens is 228 g/mol. The van der Waals surface area contributed by atoms with Gasteiger partial charge in [0.2, 0.25) is 0 Å². The minimum atomic E-state index is -3.42. The predicted octanol–water partition coefficient (Wildman–Crippen LogP) is 1.06. The predicted molar refractivity (Wildman–Crippen MR) is 58.2 cm³/mol. The van der Waals surface area contributed by atoms with Crippen LogP contribution in [0.2, 0.25) is 0 Å². The van der Waals surface area contributed by atoms with Crippen molar-refractivity contribution in [3.05, 3.63) is 29.8 Å². The first kappa shape index (κ1) is 11.3. The number of ketones is 1. The fourth-order valence-corrected chi connectivity index (χ4v) is 3.27. The normalized spacial score (nSPS) is 16.8. The highest BCUT2D eigenvalue weighted by molar-refractivity contribution is 7.92. The molecule has 86 valence electrons. The average Bonchev–Trinajstić information content (AvgIpc) is 2.14. The summed E-state index contributed by atoms with van der Waals surface area (Å²) in [6.45, 7) is 1.80. The Morgan fingerprint density at radius 2 is 1.94 bits per heavy atom. The minimum absolute atomic E-state index is 0.121. The lowest BCUT2D eigenvalue weighted by Gasteiger charge is -2.26. The van der Waals surface area contributed by atoms with Gasteiger partial charge in [0.1, 0.15) is 5.25 Å². The maximum Gasteiger partial charge on any atom is 0.186 e. The summed E-state index contributed by atoms with van der Waals surface area (Å²) in [5.74, 6) is -0.237. The monoisotopic (exact) mass is 240 g/mol. The Balaban J connectivity index is 2.51. The summed E-state index contributed by atoms with van der Waals surface area (Å²) in [6, 6.07) is 6.30. The molecule has 0 unspecified atom stereocenters. The van der Waals surface area contributed by atoms with E-state index < -0.39 is 15.1 Å². The number of Topliss-reactive ketones (excluding diaryl/α,β-unsaturated/α-hetero) is 1. The zero-order chi connectivity index (χ0) is 11.8. The molecule has 0 spiro atoms. The number of benzene rings is 1. The van der Waals surface area contributed by atoms with E-state index in [1.807, 2.05) is 0 Å². The van der Waals surface area contributed by atoms with Gasteiger partial charge < -0.3 is 4.74 Å². The summed E-state index contributed by atoms with van der Waals surface area (Å²) in [6.07, 6.45) is 0. The van der Waals surface area contributed by atoms with Gasteiger partial charge in [-0.25, -0.2) is 8.42 Å². The van der Waals surface area contributed by atoms with Crippen molar-refractivity contribution < 1.29 is 17.9 Å². The Hall–Kier alpha value is -1.20. The lowest BCUT2D eigenvalue weighted by molar-refractivity contribution is 0.0415. The molecule has 0 bridgehead atoms. The average molecular weight is 240 g/mol. The van der Waals surface area contributed by atoms with Gasteiger partial charge in [-0.1, -0.05) is 18.2 Å². The van der Waals surface area contributed by atoms with Gasteiger partial charge in [-0.05, 0) is 13.0 Å². The molecule has 5 heteroatoms. The molecule has 1 aliphatic heterocycles. The van der Waals surface area contributed by atoms with Crippen molar-refractivity contribution in [2.24, 2.45) is 0 Å². The molecule has 2 rings (SSSR count). The lowest BCUT2D eigenvalue weighted by atomic mass is 10.1. The van der Waals surface area contributed by atoms with E-state index in [0.29, 0.717) is 0 Å². The van der Waals surface area contributed by atoms with Crippen LogP contribution in [0.1, 0.15) is 17.3 Å². The Bertz CT molecular complexity index is 515. The summed E-state index contributed by atoms with van der Waals surface area (Å²) in [5, 5.41) is -0.506. The number of carbonyl (C=O) groups excluding carboxylic acids is 1. The first-order chi connectivity index (χ1) is 7.53. The molecule has 16 heavy (non-hydrogen) atoms. The van der Waals surface area contributed by atoms with E-state index in [-0.39, 0.29) is 29.5 Å². The van der Waals surface area contributed by atoms with Gasteiger partial charge in [-0.15, -0.1) is 0 Å².